The Balaban J connectivity index is 0.000000183. The predicted molar refractivity (Wildman–Crippen MR) is 180 cm³/mol. The van der Waals surface area contributed by atoms with Crippen molar-refractivity contribution in [3.05, 3.63) is 86.6 Å². The molecule has 0 atom stereocenters. The summed E-state index contributed by atoms with van der Waals surface area (Å²) < 4.78 is 33.3. The van der Waals surface area contributed by atoms with E-state index >= 15 is 0 Å². The second-order valence-corrected chi connectivity index (χ2v) is 12.7. The molecule has 44 heavy (non-hydrogen) atoms. The van der Waals surface area contributed by atoms with Crippen molar-refractivity contribution in [1.82, 2.24) is 0 Å². The fourth-order valence-corrected chi connectivity index (χ4v) is 5.04. The van der Waals surface area contributed by atoms with Crippen LogP contribution in [0.1, 0.15) is 70.1 Å². The molecule has 3 aliphatic heterocycles. The molecule has 5 rings (SSSR count). The maximum Gasteiger partial charge on any atom is 0.531 e. The van der Waals surface area contributed by atoms with E-state index in [4.69, 9.17) is 23.5 Å². The molecule has 2 aromatic rings. The molecule has 3 aliphatic rings. The third-order valence-electron chi connectivity index (χ3n) is 7.75. The monoisotopic (exact) mass is 718 g/mol. The SMILES string of the molecule is CC1(C)OB(C2=CCCCO2)OC1(C)C.COC(=O)Cc1ccccc1C1=CCCCO1.COC(=O)Cc1ccccc1I. The van der Waals surface area contributed by atoms with Gasteiger partial charge in [-0.2, -0.15) is 0 Å². The van der Waals surface area contributed by atoms with Crippen LogP contribution >= 0.6 is 22.6 Å². The van der Waals surface area contributed by atoms with Crippen molar-refractivity contribution < 1.29 is 37.8 Å². The van der Waals surface area contributed by atoms with Crippen LogP contribution in [-0.2, 0) is 50.7 Å². The molecule has 2 aromatic carbocycles. The number of halogens is 1. The quantitative estimate of drug-likeness (QED) is 0.182. The summed E-state index contributed by atoms with van der Waals surface area (Å²) in [6, 6.07) is 15.6. The minimum Gasteiger partial charge on any atom is -0.502 e. The maximum atomic E-state index is 11.3. The first-order valence-corrected chi connectivity index (χ1v) is 16.0. The van der Waals surface area contributed by atoms with Crippen LogP contribution in [0.15, 0.2) is 66.3 Å². The van der Waals surface area contributed by atoms with Gasteiger partial charge in [0.1, 0.15) is 11.4 Å². The molecule has 3 heterocycles. The normalized spacial score (nSPS) is 18.0. The van der Waals surface area contributed by atoms with E-state index < -0.39 is 0 Å². The molecule has 8 nitrogen and oxygen atoms in total. The molecule has 0 amide bonds. The van der Waals surface area contributed by atoms with Crippen LogP contribution < -0.4 is 0 Å². The smallest absolute Gasteiger partial charge is 0.502 e. The van der Waals surface area contributed by atoms with E-state index in [1.165, 1.54) is 14.2 Å². The molecule has 1 saturated heterocycles. The van der Waals surface area contributed by atoms with Crippen molar-refractivity contribution in [2.45, 2.75) is 77.4 Å². The van der Waals surface area contributed by atoms with Gasteiger partial charge in [-0.05, 0) is 105 Å². The molecule has 0 radical (unpaired) electrons. The van der Waals surface area contributed by atoms with Crippen molar-refractivity contribution in [3.63, 3.8) is 0 Å². The third kappa shape index (κ3) is 10.4. The lowest BCUT2D eigenvalue weighted by molar-refractivity contribution is -0.140. The Bertz CT molecular complexity index is 1300. The number of carbonyl (C=O) groups is 2. The van der Waals surface area contributed by atoms with Crippen molar-refractivity contribution in [1.29, 1.82) is 0 Å². The molecule has 0 bridgehead atoms. The fraction of sp³-hybridized carbons (Fsp3) is 0.471. The maximum absolute atomic E-state index is 11.3. The number of rotatable bonds is 6. The summed E-state index contributed by atoms with van der Waals surface area (Å²) in [6.07, 6.45) is 9.03. The number of methoxy groups -OCH3 is 2. The largest absolute Gasteiger partial charge is 0.531 e. The van der Waals surface area contributed by atoms with Crippen molar-refractivity contribution in [3.8, 4) is 0 Å². The molecule has 1 fully saturated rings. The third-order valence-corrected chi connectivity index (χ3v) is 8.80. The molecule has 238 valence electrons. The summed E-state index contributed by atoms with van der Waals surface area (Å²) in [5.41, 5.74) is 3.26. The van der Waals surface area contributed by atoms with Crippen molar-refractivity contribution >= 4 is 47.4 Å². The summed E-state index contributed by atoms with van der Waals surface area (Å²) in [6.45, 7) is 9.73. The van der Waals surface area contributed by atoms with E-state index in [0.717, 1.165) is 70.6 Å². The van der Waals surface area contributed by atoms with Gasteiger partial charge in [-0.1, -0.05) is 42.5 Å². The number of ether oxygens (including phenoxy) is 4. The minimum absolute atomic E-state index is 0.195. The fourth-order valence-electron chi connectivity index (χ4n) is 4.46. The highest BCUT2D eigenvalue weighted by atomic mass is 127. The van der Waals surface area contributed by atoms with Crippen LogP contribution in [-0.4, -0.2) is 57.7 Å². The first-order chi connectivity index (χ1) is 21.0. The molecule has 0 spiro atoms. The van der Waals surface area contributed by atoms with Gasteiger partial charge in [0.25, 0.3) is 0 Å². The lowest BCUT2D eigenvalue weighted by Crippen LogP contribution is -2.41. The lowest BCUT2D eigenvalue weighted by Gasteiger charge is -2.32. The van der Waals surface area contributed by atoms with E-state index in [1.807, 2.05) is 48.5 Å². The lowest BCUT2D eigenvalue weighted by atomic mass is 9.85. The zero-order valence-electron chi connectivity index (χ0n) is 26.7. The number of hydrogen-bond acceptors (Lipinski definition) is 8. The summed E-state index contributed by atoms with van der Waals surface area (Å²) in [5, 5.41) is 0. The second-order valence-electron chi connectivity index (χ2n) is 11.5. The van der Waals surface area contributed by atoms with Crippen LogP contribution in [0.25, 0.3) is 5.76 Å². The highest BCUT2D eigenvalue weighted by Gasteiger charge is 2.53. The highest BCUT2D eigenvalue weighted by molar-refractivity contribution is 14.1. The summed E-state index contributed by atoms with van der Waals surface area (Å²) in [4.78, 5) is 22.2. The Hall–Kier alpha value is -2.83. The molecule has 10 heteroatoms. The molecule has 0 N–H and O–H groups in total. The number of carbonyl (C=O) groups excluding carboxylic acids is 2. The van der Waals surface area contributed by atoms with Gasteiger partial charge >= 0.3 is 19.1 Å². The van der Waals surface area contributed by atoms with Crippen LogP contribution in [0.2, 0.25) is 0 Å². The number of esters is 2. The Kier molecular flexibility index (Phi) is 13.8. The van der Waals surface area contributed by atoms with Gasteiger partial charge < -0.3 is 28.3 Å². The summed E-state index contributed by atoms with van der Waals surface area (Å²) >= 11 is 2.20. The number of allylic oxidation sites excluding steroid dienone is 2. The van der Waals surface area contributed by atoms with E-state index in [0.29, 0.717) is 6.42 Å². The van der Waals surface area contributed by atoms with E-state index in [9.17, 15) is 9.59 Å². The summed E-state index contributed by atoms with van der Waals surface area (Å²) in [7, 11) is 2.48. The first-order valence-electron chi connectivity index (χ1n) is 14.9. The van der Waals surface area contributed by atoms with Gasteiger partial charge in [-0.25, -0.2) is 0 Å². The first kappa shape index (κ1) is 35.7. The van der Waals surface area contributed by atoms with Crippen molar-refractivity contribution in [2.75, 3.05) is 27.4 Å². The van der Waals surface area contributed by atoms with Crippen molar-refractivity contribution in [2.24, 2.45) is 0 Å². The number of benzene rings is 2. The van der Waals surface area contributed by atoms with Crippen LogP contribution in [0.4, 0.5) is 0 Å². The molecular weight excluding hydrogens is 674 g/mol. The standard InChI is InChI=1S/C14H16O3.C11H19BO3.C9H9IO2/c1-16-14(15)10-11-6-2-3-7-12(11)13-8-4-5-9-17-13;1-10(2)11(3,4)15-12(14-10)9-7-5-6-8-13-9;1-12-9(11)6-7-4-2-3-5-8(7)10/h2-3,6-8H,4-5,9-10H2,1H3;7H,5-6,8H2,1-4H3;2-5H,6H2,1H3. The second kappa shape index (κ2) is 17.0. The molecule has 0 aromatic heterocycles. The highest BCUT2D eigenvalue weighted by Crippen LogP contribution is 2.39. The topological polar surface area (TPSA) is 89.5 Å². The van der Waals surface area contributed by atoms with E-state index in [1.54, 1.807) is 0 Å². The Labute approximate surface area is 275 Å². The predicted octanol–water partition coefficient (Wildman–Crippen LogP) is 6.87. The van der Waals surface area contributed by atoms with Gasteiger partial charge in [0, 0.05) is 9.13 Å². The van der Waals surface area contributed by atoms with Crippen LogP contribution in [0.5, 0.6) is 0 Å². The molecular formula is C34H44BIO8. The molecule has 0 saturated carbocycles. The molecule has 0 unspecified atom stereocenters. The average Bonchev–Trinajstić information content (AvgIpc) is 3.26. The van der Waals surface area contributed by atoms with E-state index in [2.05, 4.69) is 67.2 Å². The van der Waals surface area contributed by atoms with Crippen LogP contribution in [0, 0.1) is 3.57 Å². The van der Waals surface area contributed by atoms with Gasteiger partial charge in [0.15, 0.2) is 0 Å². The van der Waals surface area contributed by atoms with Gasteiger partial charge in [0.2, 0.25) is 0 Å². The van der Waals surface area contributed by atoms with Gasteiger partial charge in [0.05, 0.1) is 51.5 Å². The average molecular weight is 718 g/mol. The Morgan fingerprint density at radius 3 is 1.82 bits per heavy atom. The van der Waals surface area contributed by atoms with Gasteiger partial charge in [-0.3, -0.25) is 9.59 Å². The minimum atomic E-state index is -0.324. The van der Waals surface area contributed by atoms with Crippen LogP contribution in [0.3, 0.4) is 0 Å². The zero-order chi connectivity index (χ0) is 32.2. The zero-order valence-corrected chi connectivity index (χ0v) is 28.8. The molecule has 0 aliphatic carbocycles. The Morgan fingerprint density at radius 2 is 1.30 bits per heavy atom. The number of hydrogen-bond donors (Lipinski definition) is 0. The van der Waals surface area contributed by atoms with Gasteiger partial charge in [-0.15, -0.1) is 0 Å². The summed E-state index contributed by atoms with van der Waals surface area (Å²) in [5.74, 6) is 0.462. The Morgan fingerprint density at radius 1 is 0.773 bits per heavy atom. The van der Waals surface area contributed by atoms with E-state index in [-0.39, 0.29) is 36.7 Å².